The second kappa shape index (κ2) is 7.53. The average Bonchev–Trinajstić information content (AvgIpc) is 2.54. The summed E-state index contributed by atoms with van der Waals surface area (Å²) in [4.78, 5) is 22.1. The van der Waals surface area contributed by atoms with Crippen LogP contribution in [0.15, 0.2) is 49.1 Å². The lowest BCUT2D eigenvalue weighted by molar-refractivity contribution is -0.130. The van der Waals surface area contributed by atoms with Crippen LogP contribution in [0.25, 0.3) is 0 Å². The van der Waals surface area contributed by atoms with Crippen LogP contribution in [0.4, 0.5) is 0 Å². The zero-order valence-corrected chi connectivity index (χ0v) is 12.6. The van der Waals surface area contributed by atoms with Crippen molar-refractivity contribution in [1.29, 1.82) is 0 Å². The van der Waals surface area contributed by atoms with E-state index in [1.165, 1.54) is 5.56 Å². The molecule has 2 aromatic heterocycles. The maximum atomic E-state index is 12.2. The Morgan fingerprint density at radius 3 is 2.62 bits per heavy atom. The van der Waals surface area contributed by atoms with E-state index in [1.807, 2.05) is 37.5 Å². The Morgan fingerprint density at radius 1 is 1.19 bits per heavy atom. The minimum absolute atomic E-state index is 0.167. The highest BCUT2D eigenvalue weighted by Gasteiger charge is 2.14. The first-order valence-corrected chi connectivity index (χ1v) is 7.19. The molecule has 4 heteroatoms. The Balaban J connectivity index is 1.82. The van der Waals surface area contributed by atoms with E-state index in [2.05, 4.69) is 16.9 Å². The maximum absolute atomic E-state index is 12.2. The van der Waals surface area contributed by atoms with E-state index in [9.17, 15) is 4.79 Å². The fourth-order valence-electron chi connectivity index (χ4n) is 2.17. The molecule has 110 valence electrons. The first-order valence-electron chi connectivity index (χ1n) is 7.19. The van der Waals surface area contributed by atoms with E-state index in [-0.39, 0.29) is 11.8 Å². The Bertz CT molecular complexity index is 557. The first kappa shape index (κ1) is 15.2. The van der Waals surface area contributed by atoms with Gasteiger partial charge < -0.3 is 4.90 Å². The van der Waals surface area contributed by atoms with Crippen molar-refractivity contribution >= 4 is 5.91 Å². The normalized spacial score (nSPS) is 11.9. The van der Waals surface area contributed by atoms with Crippen LogP contribution in [0.5, 0.6) is 0 Å². The standard InChI is InChI=1S/C17H21N3O/c1-14(16-4-3-8-19-13-16)12-17(21)20(2)11-7-15-5-9-18-10-6-15/h3-6,8-10,13-14H,7,11-12H2,1-2H3. The second-order valence-electron chi connectivity index (χ2n) is 5.31. The Labute approximate surface area is 125 Å². The Kier molecular flexibility index (Phi) is 5.43. The van der Waals surface area contributed by atoms with Gasteiger partial charge in [-0.1, -0.05) is 13.0 Å². The molecule has 0 fully saturated rings. The fourth-order valence-corrected chi connectivity index (χ4v) is 2.17. The lowest BCUT2D eigenvalue weighted by Crippen LogP contribution is -2.29. The molecule has 2 heterocycles. The van der Waals surface area contributed by atoms with Crippen molar-refractivity contribution in [1.82, 2.24) is 14.9 Å². The topological polar surface area (TPSA) is 46.1 Å². The van der Waals surface area contributed by atoms with Crippen LogP contribution in [0, 0.1) is 0 Å². The molecular weight excluding hydrogens is 262 g/mol. The molecule has 0 aliphatic rings. The largest absolute Gasteiger partial charge is 0.345 e. The van der Waals surface area contributed by atoms with Crippen LogP contribution in [-0.2, 0) is 11.2 Å². The van der Waals surface area contributed by atoms with Crippen LogP contribution >= 0.6 is 0 Å². The third-order valence-electron chi connectivity index (χ3n) is 3.65. The van der Waals surface area contributed by atoms with Crippen molar-refractivity contribution < 1.29 is 4.79 Å². The van der Waals surface area contributed by atoms with Gasteiger partial charge in [0.1, 0.15) is 0 Å². The molecule has 0 radical (unpaired) electrons. The number of likely N-dealkylation sites (N-methyl/N-ethyl adjacent to an activating group) is 1. The zero-order valence-electron chi connectivity index (χ0n) is 12.6. The van der Waals surface area contributed by atoms with Crippen molar-refractivity contribution in [2.45, 2.75) is 25.7 Å². The van der Waals surface area contributed by atoms with E-state index in [1.54, 1.807) is 23.5 Å². The summed E-state index contributed by atoms with van der Waals surface area (Å²) >= 11 is 0. The summed E-state index contributed by atoms with van der Waals surface area (Å²) in [5.41, 5.74) is 2.30. The van der Waals surface area contributed by atoms with E-state index in [4.69, 9.17) is 0 Å². The number of hydrogen-bond acceptors (Lipinski definition) is 3. The Hall–Kier alpha value is -2.23. The molecule has 0 bridgehead atoms. The monoisotopic (exact) mass is 283 g/mol. The zero-order chi connectivity index (χ0) is 15.1. The fraction of sp³-hybridized carbons (Fsp3) is 0.353. The lowest BCUT2D eigenvalue weighted by atomic mass is 9.99. The molecule has 1 atom stereocenters. The highest BCUT2D eigenvalue weighted by molar-refractivity contribution is 5.76. The maximum Gasteiger partial charge on any atom is 0.222 e. The molecule has 21 heavy (non-hydrogen) atoms. The minimum atomic E-state index is 0.167. The van der Waals surface area contributed by atoms with Gasteiger partial charge in [-0.15, -0.1) is 0 Å². The molecule has 1 unspecified atom stereocenters. The summed E-state index contributed by atoms with van der Waals surface area (Å²) in [5.74, 6) is 0.356. The number of nitrogens with zero attached hydrogens (tertiary/aromatic N) is 3. The van der Waals surface area contributed by atoms with Gasteiger partial charge >= 0.3 is 0 Å². The highest BCUT2D eigenvalue weighted by atomic mass is 16.2. The van der Waals surface area contributed by atoms with Gasteiger partial charge in [0.05, 0.1) is 0 Å². The SMILES string of the molecule is CC(CC(=O)N(C)CCc1ccncc1)c1cccnc1. The summed E-state index contributed by atoms with van der Waals surface area (Å²) in [6.45, 7) is 2.79. The number of carbonyl (C=O) groups is 1. The van der Waals surface area contributed by atoms with E-state index >= 15 is 0 Å². The number of amides is 1. The predicted octanol–water partition coefficient (Wildman–Crippen LogP) is 2.67. The van der Waals surface area contributed by atoms with Crippen LogP contribution in [0.2, 0.25) is 0 Å². The molecule has 0 N–H and O–H groups in total. The van der Waals surface area contributed by atoms with Crippen molar-refractivity contribution in [2.24, 2.45) is 0 Å². The van der Waals surface area contributed by atoms with Gasteiger partial charge in [0.15, 0.2) is 0 Å². The van der Waals surface area contributed by atoms with E-state index < -0.39 is 0 Å². The molecular formula is C17H21N3O. The van der Waals surface area contributed by atoms with Gasteiger partial charge in [-0.25, -0.2) is 0 Å². The molecule has 0 saturated heterocycles. The summed E-state index contributed by atoms with van der Waals surface area (Å²) in [6, 6.07) is 7.89. The van der Waals surface area contributed by atoms with Crippen LogP contribution in [0.3, 0.4) is 0 Å². The smallest absolute Gasteiger partial charge is 0.222 e. The van der Waals surface area contributed by atoms with Gasteiger partial charge in [-0.3, -0.25) is 14.8 Å². The summed E-state index contributed by atoms with van der Waals surface area (Å²) < 4.78 is 0. The third-order valence-corrected chi connectivity index (χ3v) is 3.65. The van der Waals surface area contributed by atoms with Gasteiger partial charge in [-0.05, 0) is 41.7 Å². The molecule has 0 saturated carbocycles. The van der Waals surface area contributed by atoms with Crippen molar-refractivity contribution in [3.63, 3.8) is 0 Å². The minimum Gasteiger partial charge on any atom is -0.345 e. The van der Waals surface area contributed by atoms with Crippen LogP contribution in [-0.4, -0.2) is 34.4 Å². The first-order chi connectivity index (χ1) is 10.2. The predicted molar refractivity (Wildman–Crippen MR) is 82.8 cm³/mol. The molecule has 0 aliphatic carbocycles. The van der Waals surface area contributed by atoms with Gasteiger partial charge in [0.25, 0.3) is 0 Å². The summed E-state index contributed by atoms with van der Waals surface area (Å²) in [5, 5.41) is 0. The molecule has 0 aliphatic heterocycles. The number of aromatic nitrogens is 2. The van der Waals surface area contributed by atoms with E-state index in [0.29, 0.717) is 6.42 Å². The van der Waals surface area contributed by atoms with Gasteiger partial charge in [-0.2, -0.15) is 0 Å². The molecule has 1 amide bonds. The van der Waals surface area contributed by atoms with Gasteiger partial charge in [0, 0.05) is 44.8 Å². The van der Waals surface area contributed by atoms with Crippen molar-refractivity contribution in [2.75, 3.05) is 13.6 Å². The molecule has 4 nitrogen and oxygen atoms in total. The molecule has 2 rings (SSSR count). The molecule has 0 spiro atoms. The number of carbonyl (C=O) groups excluding carboxylic acids is 1. The third kappa shape index (κ3) is 4.67. The van der Waals surface area contributed by atoms with Crippen molar-refractivity contribution in [3.05, 3.63) is 60.2 Å². The Morgan fingerprint density at radius 2 is 1.95 bits per heavy atom. The summed E-state index contributed by atoms with van der Waals surface area (Å²) in [6.07, 6.45) is 8.50. The average molecular weight is 283 g/mol. The number of pyridine rings is 2. The second-order valence-corrected chi connectivity index (χ2v) is 5.31. The van der Waals surface area contributed by atoms with Crippen molar-refractivity contribution in [3.8, 4) is 0 Å². The quantitative estimate of drug-likeness (QED) is 0.819. The molecule has 2 aromatic rings. The van der Waals surface area contributed by atoms with Crippen LogP contribution < -0.4 is 0 Å². The lowest BCUT2D eigenvalue weighted by Gasteiger charge is -2.19. The number of hydrogen-bond donors (Lipinski definition) is 0. The molecule has 0 aromatic carbocycles. The number of rotatable bonds is 6. The van der Waals surface area contributed by atoms with Crippen LogP contribution in [0.1, 0.15) is 30.4 Å². The van der Waals surface area contributed by atoms with E-state index in [0.717, 1.165) is 18.5 Å². The van der Waals surface area contributed by atoms with Gasteiger partial charge in [0.2, 0.25) is 5.91 Å². The summed E-state index contributed by atoms with van der Waals surface area (Å²) in [7, 11) is 1.86. The highest BCUT2D eigenvalue weighted by Crippen LogP contribution is 2.18.